The van der Waals surface area contributed by atoms with E-state index in [1.807, 2.05) is 20.8 Å². The first-order valence-electron chi connectivity index (χ1n) is 7.54. The summed E-state index contributed by atoms with van der Waals surface area (Å²) in [6.07, 6.45) is 2.23. The van der Waals surface area contributed by atoms with Gasteiger partial charge in [-0.05, 0) is 44.3 Å². The maximum absolute atomic E-state index is 12.6. The third kappa shape index (κ3) is 3.51. The molecule has 2 saturated heterocycles. The zero-order valence-corrected chi connectivity index (χ0v) is 13.1. The molecule has 2 heterocycles. The first kappa shape index (κ1) is 15.3. The van der Waals surface area contributed by atoms with E-state index >= 15 is 0 Å². The number of nitrogens with zero attached hydrogens (tertiary/aromatic N) is 2. The first-order chi connectivity index (χ1) is 9.27. The highest BCUT2D eigenvalue weighted by atomic mass is 16.2. The molecular formula is C15H27N3O2. The third-order valence-corrected chi connectivity index (χ3v) is 4.38. The van der Waals surface area contributed by atoms with Gasteiger partial charge in [-0.2, -0.15) is 0 Å². The van der Waals surface area contributed by atoms with Crippen molar-refractivity contribution in [3.8, 4) is 0 Å². The summed E-state index contributed by atoms with van der Waals surface area (Å²) < 4.78 is 0. The molecule has 1 unspecified atom stereocenters. The summed E-state index contributed by atoms with van der Waals surface area (Å²) in [5.74, 6) is 0.579. The summed E-state index contributed by atoms with van der Waals surface area (Å²) in [5.41, 5.74) is -0.238. The smallest absolute Gasteiger partial charge is 0.246 e. The number of carbonyl (C=O) groups is 2. The Morgan fingerprint density at radius 1 is 1.20 bits per heavy atom. The third-order valence-electron chi connectivity index (χ3n) is 4.38. The lowest BCUT2D eigenvalue weighted by Crippen LogP contribution is -2.63. The van der Waals surface area contributed by atoms with Crippen LogP contribution in [0.1, 0.15) is 33.6 Å². The molecule has 0 aromatic rings. The van der Waals surface area contributed by atoms with Gasteiger partial charge in [-0.1, -0.05) is 20.8 Å². The maximum Gasteiger partial charge on any atom is 0.246 e. The average Bonchev–Trinajstić information content (AvgIpc) is 2.35. The number of hydrogen-bond donors (Lipinski definition) is 1. The summed E-state index contributed by atoms with van der Waals surface area (Å²) in [6, 6.07) is -0.394. The Morgan fingerprint density at radius 2 is 1.80 bits per heavy atom. The predicted molar refractivity (Wildman–Crippen MR) is 78.2 cm³/mol. The average molecular weight is 281 g/mol. The second kappa shape index (κ2) is 5.72. The molecule has 1 N–H and O–H groups in total. The van der Waals surface area contributed by atoms with Gasteiger partial charge in [0.1, 0.15) is 6.04 Å². The van der Waals surface area contributed by atoms with E-state index in [0.717, 1.165) is 32.5 Å². The quantitative estimate of drug-likeness (QED) is 0.811. The monoisotopic (exact) mass is 281 g/mol. The Balaban J connectivity index is 2.00. The van der Waals surface area contributed by atoms with Crippen LogP contribution in [0.3, 0.4) is 0 Å². The van der Waals surface area contributed by atoms with Crippen molar-refractivity contribution in [1.82, 2.24) is 15.1 Å². The maximum atomic E-state index is 12.6. The van der Waals surface area contributed by atoms with Gasteiger partial charge in [-0.3, -0.25) is 9.59 Å². The molecule has 5 heteroatoms. The standard InChI is InChI=1S/C15H27N3O2/c1-15(2,3)13-14(20)18(10-12(19)16-13)9-11-5-7-17(4)8-6-11/h11,13H,5-10H2,1-4H3,(H,16,19). The largest absolute Gasteiger partial charge is 0.342 e. The molecule has 0 aromatic heterocycles. The fourth-order valence-electron chi connectivity index (χ4n) is 3.00. The molecule has 0 aromatic carbocycles. The first-order valence-corrected chi connectivity index (χ1v) is 7.54. The Labute approximate surface area is 121 Å². The number of piperidine rings is 1. The van der Waals surface area contributed by atoms with Crippen molar-refractivity contribution < 1.29 is 9.59 Å². The summed E-state index contributed by atoms with van der Waals surface area (Å²) in [4.78, 5) is 28.5. The van der Waals surface area contributed by atoms with Gasteiger partial charge >= 0.3 is 0 Å². The van der Waals surface area contributed by atoms with Crippen molar-refractivity contribution in [3.63, 3.8) is 0 Å². The van der Waals surface area contributed by atoms with Gasteiger partial charge in [0.25, 0.3) is 0 Å². The molecule has 20 heavy (non-hydrogen) atoms. The lowest BCUT2D eigenvalue weighted by Gasteiger charge is -2.41. The van der Waals surface area contributed by atoms with Crippen LogP contribution in [0, 0.1) is 11.3 Å². The summed E-state index contributed by atoms with van der Waals surface area (Å²) >= 11 is 0. The Bertz CT molecular complexity index is 381. The van der Waals surface area contributed by atoms with E-state index in [1.54, 1.807) is 4.90 Å². The van der Waals surface area contributed by atoms with Crippen LogP contribution in [0.15, 0.2) is 0 Å². The van der Waals surface area contributed by atoms with E-state index in [9.17, 15) is 9.59 Å². The number of rotatable bonds is 2. The highest BCUT2D eigenvalue weighted by molar-refractivity contribution is 5.95. The van der Waals surface area contributed by atoms with E-state index in [-0.39, 0.29) is 23.8 Å². The molecule has 2 fully saturated rings. The molecule has 2 rings (SSSR count). The lowest BCUT2D eigenvalue weighted by molar-refractivity contribution is -0.148. The van der Waals surface area contributed by atoms with Crippen LogP contribution in [0.2, 0.25) is 0 Å². The Kier molecular flexibility index (Phi) is 4.37. The van der Waals surface area contributed by atoms with Crippen LogP contribution in [0.25, 0.3) is 0 Å². The van der Waals surface area contributed by atoms with Crippen molar-refractivity contribution in [2.45, 2.75) is 39.7 Å². The van der Waals surface area contributed by atoms with Crippen LogP contribution in [-0.4, -0.2) is 60.9 Å². The molecule has 114 valence electrons. The minimum atomic E-state index is -0.394. The summed E-state index contributed by atoms with van der Waals surface area (Å²) in [7, 11) is 2.13. The molecule has 1 atom stereocenters. The van der Waals surface area contributed by atoms with Crippen molar-refractivity contribution >= 4 is 11.8 Å². The van der Waals surface area contributed by atoms with E-state index in [2.05, 4.69) is 17.3 Å². The fourth-order valence-corrected chi connectivity index (χ4v) is 3.00. The minimum absolute atomic E-state index is 0.0301. The highest BCUT2D eigenvalue weighted by Gasteiger charge is 2.40. The van der Waals surface area contributed by atoms with Gasteiger partial charge in [0.05, 0.1) is 6.54 Å². The van der Waals surface area contributed by atoms with Gasteiger partial charge < -0.3 is 15.1 Å². The second-order valence-corrected chi connectivity index (χ2v) is 7.33. The zero-order chi connectivity index (χ0) is 14.9. The molecule has 2 aliphatic rings. The van der Waals surface area contributed by atoms with Crippen LogP contribution >= 0.6 is 0 Å². The van der Waals surface area contributed by atoms with Gasteiger partial charge in [0.15, 0.2) is 0 Å². The Hall–Kier alpha value is -1.10. The molecule has 2 aliphatic heterocycles. The van der Waals surface area contributed by atoms with Gasteiger partial charge in [0, 0.05) is 6.54 Å². The molecule has 2 amide bonds. The minimum Gasteiger partial charge on any atom is -0.342 e. The number of hydrogen-bond acceptors (Lipinski definition) is 3. The van der Waals surface area contributed by atoms with Crippen LogP contribution in [0.4, 0.5) is 0 Å². The lowest BCUT2D eigenvalue weighted by atomic mass is 9.84. The summed E-state index contributed by atoms with van der Waals surface area (Å²) in [5, 5.41) is 2.84. The Morgan fingerprint density at radius 3 is 2.35 bits per heavy atom. The van der Waals surface area contributed by atoms with E-state index < -0.39 is 6.04 Å². The number of carbonyl (C=O) groups excluding carboxylic acids is 2. The summed E-state index contributed by atoms with van der Waals surface area (Å²) in [6.45, 7) is 9.10. The van der Waals surface area contributed by atoms with Gasteiger partial charge in [-0.25, -0.2) is 0 Å². The SMILES string of the molecule is CN1CCC(CN2CC(=O)NC(C(C)(C)C)C2=O)CC1. The molecule has 0 bridgehead atoms. The number of amides is 2. The van der Waals surface area contributed by atoms with E-state index in [0.29, 0.717) is 5.92 Å². The van der Waals surface area contributed by atoms with E-state index in [1.165, 1.54) is 0 Å². The highest BCUT2D eigenvalue weighted by Crippen LogP contribution is 2.25. The van der Waals surface area contributed by atoms with Crippen molar-refractivity contribution in [3.05, 3.63) is 0 Å². The molecule has 0 aliphatic carbocycles. The molecular weight excluding hydrogens is 254 g/mol. The number of nitrogens with one attached hydrogen (secondary N) is 1. The zero-order valence-electron chi connectivity index (χ0n) is 13.1. The second-order valence-electron chi connectivity index (χ2n) is 7.33. The fraction of sp³-hybridized carbons (Fsp3) is 0.867. The molecule has 5 nitrogen and oxygen atoms in total. The van der Waals surface area contributed by atoms with Crippen molar-refractivity contribution in [2.24, 2.45) is 11.3 Å². The van der Waals surface area contributed by atoms with Crippen LogP contribution in [-0.2, 0) is 9.59 Å². The molecule has 0 spiro atoms. The van der Waals surface area contributed by atoms with Gasteiger partial charge in [-0.15, -0.1) is 0 Å². The molecule has 0 radical (unpaired) electrons. The van der Waals surface area contributed by atoms with E-state index in [4.69, 9.17) is 0 Å². The number of piperazine rings is 1. The number of likely N-dealkylation sites (tertiary alicyclic amines) is 1. The topological polar surface area (TPSA) is 52.6 Å². The normalized spacial score (nSPS) is 26.8. The molecule has 0 saturated carbocycles. The van der Waals surface area contributed by atoms with Crippen molar-refractivity contribution in [2.75, 3.05) is 33.2 Å². The predicted octanol–water partition coefficient (Wildman–Crippen LogP) is 0.701. The van der Waals surface area contributed by atoms with Gasteiger partial charge in [0.2, 0.25) is 11.8 Å². The van der Waals surface area contributed by atoms with Crippen molar-refractivity contribution in [1.29, 1.82) is 0 Å². The van der Waals surface area contributed by atoms with Crippen LogP contribution < -0.4 is 5.32 Å². The van der Waals surface area contributed by atoms with Crippen LogP contribution in [0.5, 0.6) is 0 Å².